The first-order valence-corrected chi connectivity index (χ1v) is 8.26. The lowest BCUT2D eigenvalue weighted by Gasteiger charge is -2.22. The quantitative estimate of drug-likeness (QED) is 0.240. The van der Waals surface area contributed by atoms with Gasteiger partial charge < -0.3 is 20.7 Å². The zero-order valence-electron chi connectivity index (χ0n) is 13.7. The van der Waals surface area contributed by atoms with Crippen molar-refractivity contribution >= 4 is 17.3 Å². The number of guanidine groups is 1. The maximum atomic E-state index is 10.6. The molecule has 1 aromatic carbocycles. The third-order valence-electron chi connectivity index (χ3n) is 4.48. The third-order valence-corrected chi connectivity index (χ3v) is 4.48. The lowest BCUT2D eigenvalue weighted by atomic mass is 9.96. The number of anilines is 1. The Labute approximate surface area is 140 Å². The SMILES string of the molecule is CN=C(NCCNc1ccc([N+](=O)[O-])cc1)NC1CC2CCC1O2. The number of rotatable bonds is 6. The molecule has 2 aliphatic rings. The molecular weight excluding hydrogens is 310 g/mol. The summed E-state index contributed by atoms with van der Waals surface area (Å²) in [4.78, 5) is 14.5. The molecule has 3 atom stereocenters. The van der Waals surface area contributed by atoms with E-state index in [-0.39, 0.29) is 5.69 Å². The summed E-state index contributed by atoms with van der Waals surface area (Å²) in [6, 6.07) is 6.74. The van der Waals surface area contributed by atoms with Crippen LogP contribution in [0.25, 0.3) is 0 Å². The number of fused-ring (bicyclic) bond motifs is 2. The first-order valence-electron chi connectivity index (χ1n) is 8.26. The standard InChI is InChI=1S/C16H23N5O3/c1-17-16(20-14-10-13-6-7-15(14)24-13)19-9-8-18-11-2-4-12(5-3-11)21(22)23/h2-5,13-15,18H,6-10H2,1H3,(H2,17,19,20). The second-order valence-electron chi connectivity index (χ2n) is 6.09. The number of non-ortho nitro benzene ring substituents is 1. The van der Waals surface area contributed by atoms with Gasteiger partial charge in [0.2, 0.25) is 0 Å². The second kappa shape index (κ2) is 7.48. The van der Waals surface area contributed by atoms with Crippen LogP contribution in [-0.4, -0.2) is 49.3 Å². The predicted octanol–water partition coefficient (Wildman–Crippen LogP) is 1.49. The van der Waals surface area contributed by atoms with E-state index in [2.05, 4.69) is 20.9 Å². The van der Waals surface area contributed by atoms with Crippen molar-refractivity contribution in [3.63, 3.8) is 0 Å². The Kier molecular flexibility index (Phi) is 5.14. The molecule has 2 fully saturated rings. The number of ether oxygens (including phenoxy) is 1. The van der Waals surface area contributed by atoms with Gasteiger partial charge in [0.1, 0.15) is 0 Å². The maximum Gasteiger partial charge on any atom is 0.269 e. The smallest absolute Gasteiger partial charge is 0.269 e. The number of nitrogens with zero attached hydrogens (tertiary/aromatic N) is 2. The molecule has 2 saturated heterocycles. The minimum absolute atomic E-state index is 0.0939. The van der Waals surface area contributed by atoms with Crippen LogP contribution in [0.1, 0.15) is 19.3 Å². The second-order valence-corrected chi connectivity index (χ2v) is 6.09. The summed E-state index contributed by atoms with van der Waals surface area (Å²) in [5.74, 6) is 0.779. The van der Waals surface area contributed by atoms with Crippen LogP contribution in [0.2, 0.25) is 0 Å². The maximum absolute atomic E-state index is 10.6. The molecule has 0 aliphatic carbocycles. The number of nitrogens with one attached hydrogen (secondary N) is 3. The first kappa shape index (κ1) is 16.5. The van der Waals surface area contributed by atoms with E-state index in [1.54, 1.807) is 19.2 Å². The molecular formula is C16H23N5O3. The minimum atomic E-state index is -0.402. The molecule has 8 heteroatoms. The zero-order valence-corrected chi connectivity index (χ0v) is 13.7. The molecule has 2 aliphatic heterocycles. The summed E-state index contributed by atoms with van der Waals surface area (Å²) in [5, 5.41) is 20.5. The van der Waals surface area contributed by atoms with Crippen LogP contribution in [0.4, 0.5) is 11.4 Å². The summed E-state index contributed by atoms with van der Waals surface area (Å²) >= 11 is 0. The Morgan fingerprint density at radius 1 is 1.33 bits per heavy atom. The monoisotopic (exact) mass is 333 g/mol. The van der Waals surface area contributed by atoms with Crippen LogP contribution >= 0.6 is 0 Å². The fraction of sp³-hybridized carbons (Fsp3) is 0.562. The summed E-state index contributed by atoms with van der Waals surface area (Å²) < 4.78 is 5.83. The summed E-state index contributed by atoms with van der Waals surface area (Å²) in [6.07, 6.45) is 4.07. The predicted molar refractivity (Wildman–Crippen MR) is 92.4 cm³/mol. The topological polar surface area (TPSA) is 101 Å². The molecule has 0 radical (unpaired) electrons. The van der Waals surface area contributed by atoms with Crippen molar-refractivity contribution in [3.05, 3.63) is 34.4 Å². The number of hydrogen-bond donors (Lipinski definition) is 3. The van der Waals surface area contributed by atoms with E-state index in [9.17, 15) is 10.1 Å². The van der Waals surface area contributed by atoms with E-state index in [1.165, 1.54) is 18.6 Å². The van der Waals surface area contributed by atoms with Gasteiger partial charge in [0.15, 0.2) is 5.96 Å². The van der Waals surface area contributed by atoms with Crippen LogP contribution in [-0.2, 0) is 4.74 Å². The molecule has 8 nitrogen and oxygen atoms in total. The normalized spacial score (nSPS) is 25.5. The van der Waals surface area contributed by atoms with Crippen molar-refractivity contribution in [1.29, 1.82) is 0 Å². The van der Waals surface area contributed by atoms with Gasteiger partial charge in [0, 0.05) is 38.0 Å². The lowest BCUT2D eigenvalue weighted by Crippen LogP contribution is -2.48. The van der Waals surface area contributed by atoms with Crippen molar-refractivity contribution in [2.75, 3.05) is 25.5 Å². The fourth-order valence-corrected chi connectivity index (χ4v) is 3.25. The summed E-state index contributed by atoms with van der Waals surface area (Å²) in [7, 11) is 1.76. The number of nitro groups is 1. The van der Waals surface area contributed by atoms with Gasteiger partial charge in [-0.05, 0) is 31.4 Å². The molecule has 3 rings (SSSR count). The number of hydrogen-bond acceptors (Lipinski definition) is 5. The highest BCUT2D eigenvalue weighted by molar-refractivity contribution is 5.80. The van der Waals surface area contributed by atoms with Crippen molar-refractivity contribution in [3.8, 4) is 0 Å². The van der Waals surface area contributed by atoms with Crippen molar-refractivity contribution in [2.45, 2.75) is 37.5 Å². The fourth-order valence-electron chi connectivity index (χ4n) is 3.25. The Morgan fingerprint density at radius 2 is 2.12 bits per heavy atom. The lowest BCUT2D eigenvalue weighted by molar-refractivity contribution is -0.384. The third kappa shape index (κ3) is 3.94. The Morgan fingerprint density at radius 3 is 2.71 bits per heavy atom. The van der Waals surface area contributed by atoms with Crippen LogP contribution in [0.15, 0.2) is 29.3 Å². The van der Waals surface area contributed by atoms with Gasteiger partial charge in [-0.2, -0.15) is 0 Å². The van der Waals surface area contributed by atoms with Gasteiger partial charge in [0.25, 0.3) is 5.69 Å². The van der Waals surface area contributed by atoms with Crippen molar-refractivity contribution in [1.82, 2.24) is 10.6 Å². The zero-order chi connectivity index (χ0) is 16.9. The van der Waals surface area contributed by atoms with Gasteiger partial charge in [-0.15, -0.1) is 0 Å². The Balaban J connectivity index is 1.38. The molecule has 3 N–H and O–H groups in total. The molecule has 0 amide bonds. The van der Waals surface area contributed by atoms with Crippen LogP contribution < -0.4 is 16.0 Å². The van der Waals surface area contributed by atoms with E-state index in [1.807, 2.05) is 0 Å². The first-order chi connectivity index (χ1) is 11.7. The van der Waals surface area contributed by atoms with E-state index >= 15 is 0 Å². The van der Waals surface area contributed by atoms with Gasteiger partial charge in [0.05, 0.1) is 23.2 Å². The van der Waals surface area contributed by atoms with E-state index in [0.29, 0.717) is 31.3 Å². The van der Waals surface area contributed by atoms with Crippen molar-refractivity contribution in [2.24, 2.45) is 4.99 Å². The average Bonchev–Trinajstić information content (AvgIpc) is 3.21. The number of nitro benzene ring substituents is 1. The van der Waals surface area contributed by atoms with Gasteiger partial charge >= 0.3 is 0 Å². The van der Waals surface area contributed by atoms with Crippen molar-refractivity contribution < 1.29 is 9.66 Å². The highest BCUT2D eigenvalue weighted by Gasteiger charge is 2.41. The molecule has 1 aromatic rings. The number of benzene rings is 1. The average molecular weight is 333 g/mol. The van der Waals surface area contributed by atoms with E-state index < -0.39 is 4.92 Å². The van der Waals surface area contributed by atoms with E-state index in [4.69, 9.17) is 4.74 Å². The summed E-state index contributed by atoms with van der Waals surface area (Å²) in [5.41, 5.74) is 0.947. The molecule has 0 spiro atoms. The van der Waals surface area contributed by atoms with Crippen LogP contribution in [0.5, 0.6) is 0 Å². The molecule has 24 heavy (non-hydrogen) atoms. The molecule has 3 unspecified atom stereocenters. The molecule has 2 heterocycles. The van der Waals surface area contributed by atoms with Gasteiger partial charge in [-0.25, -0.2) is 0 Å². The van der Waals surface area contributed by atoms with Gasteiger partial charge in [-0.3, -0.25) is 15.1 Å². The Bertz CT molecular complexity index is 604. The molecule has 130 valence electrons. The van der Waals surface area contributed by atoms with Crippen LogP contribution in [0.3, 0.4) is 0 Å². The van der Waals surface area contributed by atoms with Crippen LogP contribution in [0, 0.1) is 10.1 Å². The molecule has 0 aromatic heterocycles. The molecule has 0 saturated carbocycles. The van der Waals surface area contributed by atoms with Gasteiger partial charge in [-0.1, -0.05) is 0 Å². The largest absolute Gasteiger partial charge is 0.383 e. The minimum Gasteiger partial charge on any atom is -0.383 e. The Hall–Kier alpha value is -2.35. The highest BCUT2D eigenvalue weighted by Crippen LogP contribution is 2.34. The van der Waals surface area contributed by atoms with E-state index in [0.717, 1.165) is 24.5 Å². The number of aliphatic imine (C=N–C) groups is 1. The summed E-state index contributed by atoms with van der Waals surface area (Å²) in [6.45, 7) is 1.38. The molecule has 2 bridgehead atoms. The highest BCUT2D eigenvalue weighted by atomic mass is 16.6.